The summed E-state index contributed by atoms with van der Waals surface area (Å²) in [6.07, 6.45) is 2.29. The minimum absolute atomic E-state index is 0.287. The average molecular weight is 347 g/mol. The van der Waals surface area contributed by atoms with E-state index in [0.29, 0.717) is 12.5 Å². The Morgan fingerprint density at radius 1 is 1.29 bits per heavy atom. The first-order valence-electron chi connectivity index (χ1n) is 8.44. The molecule has 0 radical (unpaired) electrons. The monoisotopic (exact) mass is 347 g/mol. The number of thiophene rings is 1. The summed E-state index contributed by atoms with van der Waals surface area (Å²) >= 11 is 1.69. The van der Waals surface area contributed by atoms with Crippen molar-refractivity contribution in [1.82, 2.24) is 4.90 Å². The topological polar surface area (TPSA) is 41.9 Å². The Bertz CT molecular complexity index is 630. The van der Waals surface area contributed by atoms with Crippen LogP contribution in [0.1, 0.15) is 23.3 Å². The number of rotatable bonds is 7. The number of benzene rings is 1. The lowest BCUT2D eigenvalue weighted by atomic mass is 9.98. The highest BCUT2D eigenvalue weighted by Crippen LogP contribution is 2.30. The van der Waals surface area contributed by atoms with Crippen molar-refractivity contribution in [3.05, 3.63) is 46.2 Å². The minimum atomic E-state index is 0.287. The van der Waals surface area contributed by atoms with Gasteiger partial charge in [0.15, 0.2) is 11.5 Å². The van der Waals surface area contributed by atoms with E-state index in [1.165, 1.54) is 10.4 Å². The van der Waals surface area contributed by atoms with Gasteiger partial charge in [-0.2, -0.15) is 0 Å². The summed E-state index contributed by atoms with van der Waals surface area (Å²) < 4.78 is 11.4. The molecule has 2 aromatic rings. The van der Waals surface area contributed by atoms with E-state index in [-0.39, 0.29) is 6.61 Å². The lowest BCUT2D eigenvalue weighted by Crippen LogP contribution is -2.36. The minimum Gasteiger partial charge on any atom is -0.493 e. The number of aliphatic hydroxyl groups is 1. The molecule has 130 valence electrons. The van der Waals surface area contributed by atoms with Gasteiger partial charge in [-0.1, -0.05) is 12.1 Å². The molecular weight excluding hydrogens is 322 g/mol. The van der Waals surface area contributed by atoms with Crippen LogP contribution in [0.5, 0.6) is 11.5 Å². The molecular formula is C19H25NO3S. The zero-order valence-corrected chi connectivity index (χ0v) is 14.9. The van der Waals surface area contributed by atoms with E-state index in [0.717, 1.165) is 44.0 Å². The van der Waals surface area contributed by atoms with E-state index in [9.17, 15) is 5.11 Å². The van der Waals surface area contributed by atoms with Crippen LogP contribution in [-0.2, 0) is 13.2 Å². The molecule has 1 N–H and O–H groups in total. The lowest BCUT2D eigenvalue weighted by Gasteiger charge is -2.31. The van der Waals surface area contributed by atoms with Crippen LogP contribution in [0.3, 0.4) is 0 Å². The fourth-order valence-electron chi connectivity index (χ4n) is 3.18. The molecule has 3 rings (SSSR count). The van der Waals surface area contributed by atoms with E-state index < -0.39 is 0 Å². The lowest BCUT2D eigenvalue weighted by molar-refractivity contribution is 0.116. The number of aliphatic hydroxyl groups excluding tert-OH is 1. The molecule has 1 aliphatic rings. The van der Waals surface area contributed by atoms with Crippen LogP contribution in [0.15, 0.2) is 35.7 Å². The van der Waals surface area contributed by atoms with Crippen molar-refractivity contribution in [2.45, 2.75) is 26.0 Å². The van der Waals surface area contributed by atoms with Gasteiger partial charge >= 0.3 is 0 Å². The zero-order chi connectivity index (χ0) is 16.8. The maximum Gasteiger partial charge on any atom is 0.161 e. The average Bonchev–Trinajstić information content (AvgIpc) is 3.14. The van der Waals surface area contributed by atoms with Crippen molar-refractivity contribution in [1.29, 1.82) is 0 Å². The predicted octanol–water partition coefficient (Wildman–Crippen LogP) is 3.54. The summed E-state index contributed by atoms with van der Waals surface area (Å²) in [5.41, 5.74) is 1.22. The third-order valence-corrected chi connectivity index (χ3v) is 5.30. The highest BCUT2D eigenvalue weighted by atomic mass is 32.1. The third kappa shape index (κ3) is 4.50. The SMILES string of the molecule is COc1cc(CN2CCCC(CO)C2)ccc1OCc1cccs1. The van der Waals surface area contributed by atoms with Gasteiger partial charge in [0.25, 0.3) is 0 Å². The number of hydrogen-bond acceptors (Lipinski definition) is 5. The zero-order valence-electron chi connectivity index (χ0n) is 14.1. The summed E-state index contributed by atoms with van der Waals surface area (Å²) in [5.74, 6) is 1.97. The van der Waals surface area contributed by atoms with Gasteiger partial charge in [-0.25, -0.2) is 0 Å². The molecule has 1 atom stereocenters. The van der Waals surface area contributed by atoms with Crippen LogP contribution in [0.2, 0.25) is 0 Å². The number of hydrogen-bond donors (Lipinski definition) is 1. The Hall–Kier alpha value is -1.56. The molecule has 0 spiro atoms. The van der Waals surface area contributed by atoms with Crippen LogP contribution in [-0.4, -0.2) is 36.8 Å². The molecule has 2 heterocycles. The Labute approximate surface area is 147 Å². The first-order valence-corrected chi connectivity index (χ1v) is 9.31. The van der Waals surface area contributed by atoms with Crippen LogP contribution >= 0.6 is 11.3 Å². The molecule has 1 saturated heterocycles. The van der Waals surface area contributed by atoms with Crippen LogP contribution in [0.4, 0.5) is 0 Å². The van der Waals surface area contributed by atoms with Crippen molar-refractivity contribution in [2.75, 3.05) is 26.8 Å². The number of ether oxygens (including phenoxy) is 2. The van der Waals surface area contributed by atoms with E-state index >= 15 is 0 Å². The summed E-state index contributed by atoms with van der Waals surface area (Å²) in [5, 5.41) is 11.4. The first-order chi connectivity index (χ1) is 11.8. The largest absolute Gasteiger partial charge is 0.493 e. The van der Waals surface area contributed by atoms with Crippen molar-refractivity contribution in [3.63, 3.8) is 0 Å². The number of methoxy groups -OCH3 is 1. The first kappa shape index (κ1) is 17.3. The van der Waals surface area contributed by atoms with Gasteiger partial charge in [0, 0.05) is 24.6 Å². The van der Waals surface area contributed by atoms with Gasteiger partial charge in [0.05, 0.1) is 7.11 Å². The van der Waals surface area contributed by atoms with Crippen LogP contribution < -0.4 is 9.47 Å². The van der Waals surface area contributed by atoms with E-state index in [2.05, 4.69) is 28.5 Å². The summed E-state index contributed by atoms with van der Waals surface area (Å²) in [7, 11) is 1.68. The Morgan fingerprint density at radius 3 is 2.96 bits per heavy atom. The second kappa shape index (κ2) is 8.51. The Morgan fingerprint density at radius 2 is 2.21 bits per heavy atom. The summed E-state index contributed by atoms with van der Waals surface area (Å²) in [6.45, 7) is 3.80. The van der Waals surface area contributed by atoms with Crippen LogP contribution in [0.25, 0.3) is 0 Å². The summed E-state index contributed by atoms with van der Waals surface area (Å²) in [6, 6.07) is 10.3. The smallest absolute Gasteiger partial charge is 0.161 e. The molecule has 0 amide bonds. The van der Waals surface area contributed by atoms with Gasteiger partial charge < -0.3 is 14.6 Å². The molecule has 0 bridgehead atoms. The molecule has 1 aliphatic heterocycles. The third-order valence-electron chi connectivity index (χ3n) is 4.45. The quantitative estimate of drug-likeness (QED) is 0.832. The van der Waals surface area contributed by atoms with Gasteiger partial charge in [-0.15, -0.1) is 11.3 Å². The number of likely N-dealkylation sites (tertiary alicyclic amines) is 1. The molecule has 24 heavy (non-hydrogen) atoms. The molecule has 4 nitrogen and oxygen atoms in total. The van der Waals surface area contributed by atoms with E-state index in [1.807, 2.05) is 12.1 Å². The van der Waals surface area contributed by atoms with Gasteiger partial charge in [0.2, 0.25) is 0 Å². The van der Waals surface area contributed by atoms with Gasteiger partial charge in [0.1, 0.15) is 6.61 Å². The predicted molar refractivity (Wildman–Crippen MR) is 96.7 cm³/mol. The summed E-state index contributed by atoms with van der Waals surface area (Å²) in [4.78, 5) is 3.61. The fourth-order valence-corrected chi connectivity index (χ4v) is 3.79. The molecule has 1 unspecified atom stereocenters. The normalized spacial score (nSPS) is 18.5. The van der Waals surface area contributed by atoms with Gasteiger partial charge in [-0.3, -0.25) is 4.90 Å². The second-order valence-electron chi connectivity index (χ2n) is 6.28. The standard InChI is InChI=1S/C19H25NO3S/c1-22-19-10-15(11-20-8-2-4-16(12-20)13-21)6-7-18(19)23-14-17-5-3-9-24-17/h3,5-7,9-10,16,21H,2,4,8,11-14H2,1H3. The van der Waals surface area contributed by atoms with Crippen molar-refractivity contribution in [2.24, 2.45) is 5.92 Å². The van der Waals surface area contributed by atoms with Crippen molar-refractivity contribution < 1.29 is 14.6 Å². The maximum absolute atomic E-state index is 9.37. The molecule has 0 aliphatic carbocycles. The van der Waals surface area contributed by atoms with Crippen molar-refractivity contribution in [3.8, 4) is 11.5 Å². The molecule has 0 saturated carbocycles. The van der Waals surface area contributed by atoms with E-state index in [4.69, 9.17) is 9.47 Å². The Balaban J connectivity index is 1.62. The number of piperidine rings is 1. The highest BCUT2D eigenvalue weighted by Gasteiger charge is 2.19. The Kier molecular flexibility index (Phi) is 6.12. The molecule has 5 heteroatoms. The van der Waals surface area contributed by atoms with Crippen molar-refractivity contribution >= 4 is 11.3 Å². The molecule has 1 fully saturated rings. The van der Waals surface area contributed by atoms with Crippen LogP contribution in [0, 0.1) is 5.92 Å². The van der Waals surface area contributed by atoms with Gasteiger partial charge in [-0.05, 0) is 54.4 Å². The van der Waals surface area contributed by atoms with E-state index in [1.54, 1.807) is 18.4 Å². The fraction of sp³-hybridized carbons (Fsp3) is 0.474. The highest BCUT2D eigenvalue weighted by molar-refractivity contribution is 7.09. The molecule has 1 aromatic heterocycles. The number of nitrogens with zero attached hydrogens (tertiary/aromatic N) is 1. The molecule has 1 aromatic carbocycles. The maximum atomic E-state index is 9.37. The second-order valence-corrected chi connectivity index (χ2v) is 7.31.